The van der Waals surface area contributed by atoms with Crippen LogP contribution in [0.2, 0.25) is 0 Å². The highest BCUT2D eigenvalue weighted by Gasteiger charge is 2.27. The van der Waals surface area contributed by atoms with Crippen LogP contribution in [0.5, 0.6) is 0 Å². The Kier molecular flexibility index (Phi) is 40.5. The maximum absolute atomic E-state index is 13.5. The number of pyridine rings is 8. The van der Waals surface area contributed by atoms with Gasteiger partial charge in [0.1, 0.15) is 45.6 Å². The number of unbranched alkanes of at least 4 members (excludes halogenated alkanes) is 2. The molecule has 49 nitrogen and oxygen atoms in total. The van der Waals surface area contributed by atoms with E-state index >= 15 is 0 Å². The van der Waals surface area contributed by atoms with E-state index in [9.17, 15) is 128 Å². The number of carbonyl (C=O) groups is 10. The summed E-state index contributed by atoms with van der Waals surface area (Å²) in [6.07, 6.45) is 2.77. The van der Waals surface area contributed by atoms with E-state index in [1.54, 1.807) is 4.90 Å². The second-order valence-electron chi connectivity index (χ2n) is 29.0. The molecule has 0 aliphatic carbocycles. The average Bonchev–Trinajstić information content (AvgIpc) is 0.935. The number of aliphatic carboxylic acids is 1. The van der Waals surface area contributed by atoms with E-state index in [-0.39, 0.29) is 239 Å². The minimum Gasteiger partial charge on any atom is -0.481 e. The van der Waals surface area contributed by atoms with Gasteiger partial charge >= 0.3 is 5.97 Å². The first kappa shape index (κ1) is 102. The molecule has 2 unspecified atom stereocenters. The van der Waals surface area contributed by atoms with E-state index in [0.717, 1.165) is 48.5 Å². The number of aromatic nitrogens is 8. The van der Waals surface area contributed by atoms with Crippen molar-refractivity contribution in [2.45, 2.75) is 69.9 Å². The van der Waals surface area contributed by atoms with Crippen molar-refractivity contribution < 1.29 is 94.7 Å². The Morgan fingerprint density at radius 2 is 0.492 bits per heavy atom. The number of rotatable bonds is 51. The molecule has 0 spiro atoms. The van der Waals surface area contributed by atoms with Crippen LogP contribution in [0, 0.1) is 0 Å². The molecule has 700 valence electrons. The number of nitrogens with one attached hydrogen (secondary N) is 9. The van der Waals surface area contributed by atoms with Crippen LogP contribution >= 0.6 is 0 Å². The van der Waals surface area contributed by atoms with Crippen molar-refractivity contribution in [3.63, 3.8) is 0 Å². The monoisotopic (exact) mass is 1820 g/mol. The molecule has 20 N–H and O–H groups in total. The summed E-state index contributed by atoms with van der Waals surface area (Å²) in [5.74, 6) is -7.48. The fraction of sp³-hybridized carbons (Fsp3) is 0.383. The van der Waals surface area contributed by atoms with E-state index in [2.05, 4.69) is 47.9 Å². The van der Waals surface area contributed by atoms with Gasteiger partial charge in [-0.05, 0) is 93.6 Å². The highest BCUT2D eigenvalue weighted by molar-refractivity contribution is 5.96. The third kappa shape index (κ3) is 31.9. The molecule has 9 amide bonds. The lowest BCUT2D eigenvalue weighted by molar-refractivity contribution is -0.137. The molecule has 130 heavy (non-hydrogen) atoms. The number of hydrogen-bond acceptors (Lipinski definition) is 31. The van der Waals surface area contributed by atoms with E-state index in [1.807, 2.05) is 14.7 Å². The molecule has 0 bridgehead atoms. The topological polar surface area (TPSA) is 676 Å². The molecule has 2 atom stereocenters. The summed E-state index contributed by atoms with van der Waals surface area (Å²) in [5.41, 5.74) is -3.47. The Labute approximate surface area is 736 Å². The van der Waals surface area contributed by atoms with Gasteiger partial charge in [0.2, 0.25) is 5.91 Å². The molecule has 8 heterocycles. The third-order valence-corrected chi connectivity index (χ3v) is 19.8. The molecule has 0 aliphatic heterocycles. The summed E-state index contributed by atoms with van der Waals surface area (Å²) in [4.78, 5) is 231. The zero-order chi connectivity index (χ0) is 94.9. The number of carboxylic acid groups (broad SMARTS) is 1. The minimum atomic E-state index is -1.02. The maximum Gasteiger partial charge on any atom is 0.303 e. The van der Waals surface area contributed by atoms with Crippen molar-refractivity contribution in [1.82, 2.24) is 105 Å². The van der Waals surface area contributed by atoms with Crippen LogP contribution in [0.15, 0.2) is 184 Å². The van der Waals surface area contributed by atoms with Crippen molar-refractivity contribution in [3.05, 3.63) is 274 Å². The number of hydrogen-bond donors (Lipinski definition) is 19. The van der Waals surface area contributed by atoms with Gasteiger partial charge < -0.3 is 100 Å². The summed E-state index contributed by atoms with van der Waals surface area (Å²) >= 11 is 0. The van der Waals surface area contributed by atoms with Crippen LogP contribution in [0.25, 0.3) is 0 Å². The number of carbonyl (C=O) groups excluding carboxylic acids is 9. The van der Waals surface area contributed by atoms with Gasteiger partial charge in [0.15, 0.2) is 0 Å². The highest BCUT2D eigenvalue weighted by atomic mass is 16.5. The average molecular weight is 1820 g/mol. The largest absolute Gasteiger partial charge is 0.481 e. The molecular formula is C81H104N22O27. The lowest BCUT2D eigenvalue weighted by Gasteiger charge is -2.31. The quantitative estimate of drug-likeness (QED) is 0.0126. The summed E-state index contributed by atoms with van der Waals surface area (Å²) in [6, 6.07) is 27.6. The standard InChI is InChI=1S/C43H55N11O15.C38H49N11O12/c55-34(13-7-18-39(60)61)44-19-2-1-8-29(48-43(65)33-12-6-17-38(59)54(33)69)28-50(25-22-47-42(64)32-11-5-16-37(58)53(32)68)27-26-49(23-20-45-40(62)30-9-3-14-35(56)51(30)66)24-21-46-41(63)31-10-4-15-36(57)52(31)67;39-16-2-1-7-26(43-38(57)30-11-6-15-34(53)49(30)61)25-45(22-19-42-37(56)29-10-5-14-33(52)48(29)60)24-23-44(20-17-40-35(54)27-8-3-12-31(50)46(27)58)21-18-41-36(55)28-9-4-13-32(51)47(28)59/h3-6,9-12,14-17,29,66-69H,1-2,7-8,13,18-28H2,(H,44,55)(H,45,62)(H,46,63)(H,47,64)(H,48,65)(H,60,61);3-6,8-15,26,58-61H,1-2,7,16-25,39H2,(H,40,54)(H,41,55)(H,42,56)(H,43,57). The van der Waals surface area contributed by atoms with Crippen LogP contribution < -0.4 is 98.1 Å². The summed E-state index contributed by atoms with van der Waals surface area (Å²) in [5, 5.41) is 114. The lowest BCUT2D eigenvalue weighted by Crippen LogP contribution is -2.49. The molecule has 0 aliphatic rings. The van der Waals surface area contributed by atoms with Gasteiger partial charge in [0, 0.05) is 198 Å². The van der Waals surface area contributed by atoms with Crippen molar-refractivity contribution in [1.29, 1.82) is 0 Å². The molecule has 0 radical (unpaired) electrons. The van der Waals surface area contributed by atoms with Gasteiger partial charge in [-0.3, -0.25) is 106 Å². The molecule has 8 aromatic heterocycles. The fourth-order valence-electron chi connectivity index (χ4n) is 12.9. The first-order chi connectivity index (χ1) is 62.2. The second kappa shape index (κ2) is 51.8. The Balaban J connectivity index is 0.000000358. The van der Waals surface area contributed by atoms with Crippen molar-refractivity contribution in [2.24, 2.45) is 5.73 Å². The predicted octanol–water partition coefficient (Wildman–Crippen LogP) is -4.78. The van der Waals surface area contributed by atoms with Crippen LogP contribution in [0.4, 0.5) is 0 Å². The third-order valence-electron chi connectivity index (χ3n) is 19.8. The SMILES string of the molecule is NCCCCC(CN(CCNC(=O)c1cccc(=O)n1O)CCN(CCNC(=O)c1cccc(=O)n1O)CCNC(=O)c1cccc(=O)n1O)NC(=O)c1cccc(=O)n1O.O=C(O)CCCC(=O)NCCCCC(CN(CCNC(=O)c1cccc(=O)n1O)CCN(CCNC(=O)c1cccc(=O)n1O)CCNC(=O)c1cccc(=O)n1O)NC(=O)c1cccc(=O)n1O. The molecule has 0 saturated heterocycles. The molecule has 8 aromatic rings. The van der Waals surface area contributed by atoms with E-state index < -0.39 is 110 Å². The zero-order valence-corrected chi connectivity index (χ0v) is 70.3. The predicted molar refractivity (Wildman–Crippen MR) is 457 cm³/mol. The Morgan fingerprint density at radius 3 is 0.731 bits per heavy atom. The van der Waals surface area contributed by atoms with Crippen LogP contribution in [0.1, 0.15) is 142 Å². The van der Waals surface area contributed by atoms with Gasteiger partial charge in [0.05, 0.1) is 0 Å². The Morgan fingerprint density at radius 1 is 0.269 bits per heavy atom. The van der Waals surface area contributed by atoms with Crippen molar-refractivity contribution in [3.8, 4) is 0 Å². The second-order valence-corrected chi connectivity index (χ2v) is 29.0. The number of nitrogens with zero attached hydrogens (tertiary/aromatic N) is 12. The fourth-order valence-corrected chi connectivity index (χ4v) is 12.9. The summed E-state index contributed by atoms with van der Waals surface area (Å²) in [6.45, 7) is 2.22. The van der Waals surface area contributed by atoms with Crippen LogP contribution in [-0.4, -0.2) is 306 Å². The van der Waals surface area contributed by atoms with Gasteiger partial charge in [-0.2, -0.15) is 0 Å². The Hall–Kier alpha value is -15.5. The first-order valence-electron chi connectivity index (χ1n) is 40.9. The van der Waals surface area contributed by atoms with E-state index in [1.165, 1.54) is 97.1 Å². The summed E-state index contributed by atoms with van der Waals surface area (Å²) < 4.78 is 1.62. The molecule has 0 aromatic carbocycles. The van der Waals surface area contributed by atoms with Crippen molar-refractivity contribution in [2.75, 3.05) is 131 Å². The number of nitrogens with two attached hydrogens (primary N) is 1. The zero-order valence-electron chi connectivity index (χ0n) is 70.3. The van der Waals surface area contributed by atoms with E-state index in [0.29, 0.717) is 38.6 Å². The van der Waals surface area contributed by atoms with Gasteiger partial charge in [-0.1, -0.05) is 55.0 Å². The molecule has 8 rings (SSSR count). The van der Waals surface area contributed by atoms with Crippen molar-refractivity contribution >= 4 is 59.1 Å². The summed E-state index contributed by atoms with van der Waals surface area (Å²) in [7, 11) is 0. The van der Waals surface area contributed by atoms with Gasteiger partial charge in [0.25, 0.3) is 91.7 Å². The molecular weight excluding hydrogens is 1710 g/mol. The Bertz CT molecular complexity index is 5610. The van der Waals surface area contributed by atoms with Gasteiger partial charge in [-0.15, -0.1) is 37.8 Å². The molecule has 0 saturated carbocycles. The lowest BCUT2D eigenvalue weighted by atomic mass is 10.1. The number of amides is 9. The highest BCUT2D eigenvalue weighted by Crippen LogP contribution is 2.11. The van der Waals surface area contributed by atoms with E-state index in [4.69, 9.17) is 10.8 Å². The maximum atomic E-state index is 13.5. The number of carboxylic acids is 1. The first-order valence-corrected chi connectivity index (χ1v) is 40.9. The van der Waals surface area contributed by atoms with Crippen LogP contribution in [-0.2, 0) is 9.59 Å². The smallest absolute Gasteiger partial charge is 0.303 e. The normalized spacial score (nSPS) is 11.5. The molecule has 49 heteroatoms. The molecule has 0 fully saturated rings. The minimum absolute atomic E-state index is 0.00155. The van der Waals surface area contributed by atoms with Gasteiger partial charge in [-0.25, -0.2) is 0 Å². The van der Waals surface area contributed by atoms with Crippen LogP contribution in [0.3, 0.4) is 0 Å².